The molecule has 1 saturated carbocycles. The molecule has 4 rings (SSSR count). The standard InChI is InChI=1S/C24H23ClN4O3/c25-19-11-5-3-10-17(19)21-13-18(16-9-4-6-12-20(16)27-21)24(32)29-28-22(30)14-26-23(31)15-7-1-2-8-15/h3-6,9-13,15H,1-2,7-8,14H2,(H,26,31)(H,28,30)(H,29,32). The van der Waals surface area contributed by atoms with Crippen LogP contribution in [0.15, 0.2) is 54.6 Å². The Morgan fingerprint density at radius 3 is 2.47 bits per heavy atom. The van der Waals surface area contributed by atoms with Gasteiger partial charge in [0.05, 0.1) is 23.3 Å². The van der Waals surface area contributed by atoms with Crippen molar-refractivity contribution < 1.29 is 14.4 Å². The highest BCUT2D eigenvalue weighted by molar-refractivity contribution is 6.33. The molecule has 0 atom stereocenters. The maximum absolute atomic E-state index is 12.9. The van der Waals surface area contributed by atoms with Crippen LogP contribution in [-0.2, 0) is 9.59 Å². The smallest absolute Gasteiger partial charge is 0.270 e. The van der Waals surface area contributed by atoms with Gasteiger partial charge in [0.15, 0.2) is 0 Å². The molecule has 32 heavy (non-hydrogen) atoms. The lowest BCUT2D eigenvalue weighted by Crippen LogP contribution is -2.47. The lowest BCUT2D eigenvalue weighted by molar-refractivity contribution is -0.128. The summed E-state index contributed by atoms with van der Waals surface area (Å²) in [6.07, 6.45) is 3.78. The van der Waals surface area contributed by atoms with Crippen LogP contribution in [0.2, 0.25) is 5.02 Å². The highest BCUT2D eigenvalue weighted by Gasteiger charge is 2.23. The zero-order valence-corrected chi connectivity index (χ0v) is 18.1. The van der Waals surface area contributed by atoms with Gasteiger partial charge >= 0.3 is 0 Å². The number of para-hydroxylation sites is 1. The Labute approximate surface area is 190 Å². The molecule has 3 aromatic rings. The molecule has 1 aromatic heterocycles. The van der Waals surface area contributed by atoms with E-state index in [1.807, 2.05) is 36.4 Å². The lowest BCUT2D eigenvalue weighted by Gasteiger charge is -2.13. The molecule has 0 saturated heterocycles. The number of hydrazine groups is 1. The van der Waals surface area contributed by atoms with Gasteiger partial charge in [0.2, 0.25) is 5.91 Å². The summed E-state index contributed by atoms with van der Waals surface area (Å²) in [4.78, 5) is 41.7. The summed E-state index contributed by atoms with van der Waals surface area (Å²) in [5.74, 6) is -1.14. The first-order chi connectivity index (χ1) is 15.5. The second kappa shape index (κ2) is 9.78. The zero-order chi connectivity index (χ0) is 22.5. The summed E-state index contributed by atoms with van der Waals surface area (Å²) in [6.45, 7) is -0.197. The van der Waals surface area contributed by atoms with Crippen molar-refractivity contribution in [2.75, 3.05) is 6.54 Å². The first-order valence-electron chi connectivity index (χ1n) is 10.5. The zero-order valence-electron chi connectivity index (χ0n) is 17.4. The molecule has 3 N–H and O–H groups in total. The minimum atomic E-state index is -0.505. The van der Waals surface area contributed by atoms with Crippen LogP contribution >= 0.6 is 11.6 Å². The highest BCUT2D eigenvalue weighted by atomic mass is 35.5. The van der Waals surface area contributed by atoms with E-state index >= 15 is 0 Å². The molecule has 0 radical (unpaired) electrons. The third-order valence-corrected chi connectivity index (χ3v) is 5.90. The number of aromatic nitrogens is 1. The van der Waals surface area contributed by atoms with Gasteiger partial charge in [-0.3, -0.25) is 25.2 Å². The van der Waals surface area contributed by atoms with Crippen molar-refractivity contribution in [1.29, 1.82) is 0 Å². The van der Waals surface area contributed by atoms with Crippen LogP contribution in [0.1, 0.15) is 36.0 Å². The van der Waals surface area contributed by atoms with Crippen LogP contribution in [0.25, 0.3) is 22.2 Å². The molecule has 0 aliphatic heterocycles. The van der Waals surface area contributed by atoms with Crippen LogP contribution in [0.5, 0.6) is 0 Å². The van der Waals surface area contributed by atoms with Crippen molar-refractivity contribution >= 4 is 40.2 Å². The minimum absolute atomic E-state index is 0.0243. The van der Waals surface area contributed by atoms with Gasteiger partial charge in [0.25, 0.3) is 11.8 Å². The third-order valence-electron chi connectivity index (χ3n) is 5.58. The number of nitrogens with one attached hydrogen (secondary N) is 3. The van der Waals surface area contributed by atoms with Gasteiger partial charge in [-0.15, -0.1) is 0 Å². The molecule has 2 aromatic carbocycles. The Morgan fingerprint density at radius 1 is 0.969 bits per heavy atom. The Kier molecular flexibility index (Phi) is 6.66. The number of hydrogen-bond donors (Lipinski definition) is 3. The monoisotopic (exact) mass is 450 g/mol. The number of carbonyl (C=O) groups excluding carboxylic acids is 3. The second-order valence-corrected chi connectivity index (χ2v) is 8.16. The third kappa shape index (κ3) is 4.89. The molecule has 7 nitrogen and oxygen atoms in total. The summed E-state index contributed by atoms with van der Waals surface area (Å²) < 4.78 is 0. The van der Waals surface area contributed by atoms with Crippen molar-refractivity contribution in [2.45, 2.75) is 25.7 Å². The Bertz CT molecular complexity index is 1170. The SMILES string of the molecule is O=C(CNC(=O)C1CCCC1)NNC(=O)c1cc(-c2ccccc2Cl)nc2ccccc12. The molecule has 164 valence electrons. The molecule has 0 spiro atoms. The van der Waals surface area contributed by atoms with E-state index in [4.69, 9.17) is 11.6 Å². The largest absolute Gasteiger partial charge is 0.347 e. The quantitative estimate of drug-likeness (QED) is 0.517. The fourth-order valence-electron chi connectivity index (χ4n) is 3.91. The van der Waals surface area contributed by atoms with E-state index in [9.17, 15) is 14.4 Å². The second-order valence-electron chi connectivity index (χ2n) is 7.75. The molecule has 3 amide bonds. The molecule has 1 heterocycles. The highest BCUT2D eigenvalue weighted by Crippen LogP contribution is 2.29. The van der Waals surface area contributed by atoms with Crippen LogP contribution in [0.4, 0.5) is 0 Å². The lowest BCUT2D eigenvalue weighted by atomic mass is 10.0. The predicted molar refractivity (Wildman–Crippen MR) is 123 cm³/mol. The van der Waals surface area contributed by atoms with Crippen LogP contribution < -0.4 is 16.2 Å². The Hall–Kier alpha value is -3.45. The van der Waals surface area contributed by atoms with Crippen LogP contribution in [0.3, 0.4) is 0 Å². The molecule has 8 heteroatoms. The van der Waals surface area contributed by atoms with E-state index in [0.717, 1.165) is 25.7 Å². The molecular formula is C24H23ClN4O3. The van der Waals surface area contributed by atoms with Crippen molar-refractivity contribution in [1.82, 2.24) is 21.2 Å². The van der Waals surface area contributed by atoms with Gasteiger partial charge < -0.3 is 5.32 Å². The van der Waals surface area contributed by atoms with E-state index < -0.39 is 11.8 Å². The molecular weight excluding hydrogens is 428 g/mol. The van der Waals surface area contributed by atoms with E-state index in [2.05, 4.69) is 21.2 Å². The van der Waals surface area contributed by atoms with Gasteiger partial charge in [-0.25, -0.2) is 4.98 Å². The van der Waals surface area contributed by atoms with E-state index in [-0.39, 0.29) is 18.4 Å². The molecule has 1 aliphatic carbocycles. The van der Waals surface area contributed by atoms with E-state index in [1.54, 1.807) is 18.2 Å². The van der Waals surface area contributed by atoms with Crippen molar-refractivity contribution in [3.05, 3.63) is 65.2 Å². The summed E-state index contributed by atoms with van der Waals surface area (Å²) >= 11 is 6.32. The molecule has 0 unspecified atom stereocenters. The number of amides is 3. The topological polar surface area (TPSA) is 100 Å². The number of fused-ring (bicyclic) bond motifs is 1. The predicted octanol–water partition coefficient (Wildman–Crippen LogP) is 3.62. The Balaban J connectivity index is 1.47. The van der Waals surface area contributed by atoms with Gasteiger partial charge in [0.1, 0.15) is 0 Å². The Morgan fingerprint density at radius 2 is 1.69 bits per heavy atom. The van der Waals surface area contributed by atoms with Gasteiger partial charge in [0, 0.05) is 21.9 Å². The summed E-state index contributed by atoms with van der Waals surface area (Å²) in [7, 11) is 0. The van der Waals surface area contributed by atoms with Gasteiger partial charge in [-0.1, -0.05) is 60.8 Å². The molecule has 1 aliphatic rings. The average molecular weight is 451 g/mol. The van der Waals surface area contributed by atoms with Gasteiger partial charge in [-0.05, 0) is 31.0 Å². The average Bonchev–Trinajstić information content (AvgIpc) is 3.36. The normalized spacial score (nSPS) is 13.7. The van der Waals surface area contributed by atoms with E-state index in [0.29, 0.717) is 32.7 Å². The summed E-state index contributed by atoms with van der Waals surface area (Å²) in [5, 5.41) is 3.79. The summed E-state index contributed by atoms with van der Waals surface area (Å²) in [5.41, 5.74) is 7.02. The molecule has 0 bridgehead atoms. The first kappa shape index (κ1) is 21.8. The summed E-state index contributed by atoms with van der Waals surface area (Å²) in [6, 6.07) is 16.1. The minimum Gasteiger partial charge on any atom is -0.347 e. The maximum Gasteiger partial charge on any atom is 0.270 e. The van der Waals surface area contributed by atoms with Crippen LogP contribution in [0, 0.1) is 5.92 Å². The van der Waals surface area contributed by atoms with Crippen molar-refractivity contribution in [3.8, 4) is 11.3 Å². The number of hydrogen-bond acceptors (Lipinski definition) is 4. The first-order valence-corrected chi connectivity index (χ1v) is 10.9. The number of halogens is 1. The number of carbonyl (C=O) groups is 3. The molecule has 1 fully saturated rings. The van der Waals surface area contributed by atoms with Gasteiger partial charge in [-0.2, -0.15) is 0 Å². The maximum atomic E-state index is 12.9. The fraction of sp³-hybridized carbons (Fsp3) is 0.250. The number of rotatable bonds is 5. The van der Waals surface area contributed by atoms with E-state index in [1.165, 1.54) is 0 Å². The van der Waals surface area contributed by atoms with Crippen molar-refractivity contribution in [2.24, 2.45) is 5.92 Å². The number of benzene rings is 2. The fourth-order valence-corrected chi connectivity index (χ4v) is 4.14. The van der Waals surface area contributed by atoms with Crippen molar-refractivity contribution in [3.63, 3.8) is 0 Å². The van der Waals surface area contributed by atoms with Crippen LogP contribution in [-0.4, -0.2) is 29.3 Å². The number of nitrogens with zero attached hydrogens (tertiary/aromatic N) is 1. The number of pyridine rings is 1.